The van der Waals surface area contributed by atoms with Gasteiger partial charge in [-0.25, -0.2) is 0 Å². The molecule has 0 aromatic heterocycles. The highest BCUT2D eigenvalue weighted by atomic mass is 16.3. The molecule has 1 saturated heterocycles. The van der Waals surface area contributed by atoms with E-state index in [9.17, 15) is 0 Å². The highest BCUT2D eigenvalue weighted by Crippen LogP contribution is 2.20. The topological polar surface area (TPSA) is 23.5 Å². The van der Waals surface area contributed by atoms with Crippen molar-refractivity contribution in [3.63, 3.8) is 0 Å². The van der Waals surface area contributed by atoms with Crippen LogP contribution in [-0.2, 0) is 0 Å². The number of likely N-dealkylation sites (tertiary alicyclic amines) is 1. The van der Waals surface area contributed by atoms with Gasteiger partial charge >= 0.3 is 0 Å². The second kappa shape index (κ2) is 2.67. The number of aliphatic hydroxyl groups is 1. The van der Waals surface area contributed by atoms with E-state index in [1.54, 1.807) is 0 Å². The molecule has 2 heteroatoms. The van der Waals surface area contributed by atoms with Crippen LogP contribution < -0.4 is 0 Å². The normalized spacial score (nSPS) is 37.7. The minimum Gasteiger partial charge on any atom is -0.381 e. The molecule has 2 nitrogen and oxygen atoms in total. The third kappa shape index (κ3) is 1.43. The van der Waals surface area contributed by atoms with Crippen LogP contribution in [-0.4, -0.2) is 29.8 Å². The van der Waals surface area contributed by atoms with E-state index in [1.807, 2.05) is 0 Å². The summed E-state index contributed by atoms with van der Waals surface area (Å²) in [6.07, 6.45) is 0. The van der Waals surface area contributed by atoms with Gasteiger partial charge in [-0.1, -0.05) is 13.8 Å². The van der Waals surface area contributed by atoms with E-state index in [1.165, 1.54) is 0 Å². The monoisotopic (exact) mass is 129 g/mol. The fraction of sp³-hybridized carbons (Fsp3) is 1.00. The van der Waals surface area contributed by atoms with E-state index in [0.29, 0.717) is 0 Å². The minimum atomic E-state index is 0.231. The van der Waals surface area contributed by atoms with Crippen LogP contribution in [0, 0.1) is 11.8 Å². The quantitative estimate of drug-likeness (QED) is 0.558. The van der Waals surface area contributed by atoms with Crippen molar-refractivity contribution < 1.29 is 5.11 Å². The van der Waals surface area contributed by atoms with Gasteiger partial charge in [0.25, 0.3) is 0 Å². The van der Waals surface area contributed by atoms with Crippen molar-refractivity contribution in [2.75, 3.05) is 19.8 Å². The molecule has 2 unspecified atom stereocenters. The lowest BCUT2D eigenvalue weighted by molar-refractivity contribution is 0.126. The van der Waals surface area contributed by atoms with Crippen LogP contribution in [0.1, 0.15) is 13.8 Å². The van der Waals surface area contributed by atoms with E-state index in [2.05, 4.69) is 18.7 Å². The first-order valence-electron chi connectivity index (χ1n) is 3.57. The summed E-state index contributed by atoms with van der Waals surface area (Å²) in [7, 11) is 0. The maximum atomic E-state index is 8.73. The van der Waals surface area contributed by atoms with E-state index in [-0.39, 0.29) is 6.73 Å². The van der Waals surface area contributed by atoms with Crippen molar-refractivity contribution in [1.29, 1.82) is 0 Å². The zero-order chi connectivity index (χ0) is 6.85. The molecule has 9 heavy (non-hydrogen) atoms. The Morgan fingerprint density at radius 3 is 2.00 bits per heavy atom. The largest absolute Gasteiger partial charge is 0.381 e. The van der Waals surface area contributed by atoms with Crippen molar-refractivity contribution >= 4 is 0 Å². The van der Waals surface area contributed by atoms with Crippen LogP contribution >= 0.6 is 0 Å². The smallest absolute Gasteiger partial charge is 0.0956 e. The molecule has 0 bridgehead atoms. The number of aliphatic hydroxyl groups excluding tert-OH is 1. The third-order valence-corrected chi connectivity index (χ3v) is 2.26. The number of nitrogens with zero attached hydrogens (tertiary/aromatic N) is 1. The Balaban J connectivity index is 2.35. The number of hydrogen-bond acceptors (Lipinski definition) is 2. The predicted molar refractivity (Wildman–Crippen MR) is 37.0 cm³/mol. The van der Waals surface area contributed by atoms with Crippen LogP contribution in [0.5, 0.6) is 0 Å². The van der Waals surface area contributed by atoms with Gasteiger partial charge < -0.3 is 5.11 Å². The zero-order valence-electron chi connectivity index (χ0n) is 6.17. The highest BCUT2D eigenvalue weighted by Gasteiger charge is 2.24. The van der Waals surface area contributed by atoms with E-state index >= 15 is 0 Å². The Morgan fingerprint density at radius 2 is 1.78 bits per heavy atom. The Morgan fingerprint density at radius 1 is 1.33 bits per heavy atom. The van der Waals surface area contributed by atoms with Crippen molar-refractivity contribution in [3.05, 3.63) is 0 Å². The van der Waals surface area contributed by atoms with Crippen molar-refractivity contribution in [3.8, 4) is 0 Å². The molecular weight excluding hydrogens is 114 g/mol. The van der Waals surface area contributed by atoms with Gasteiger partial charge in [0.2, 0.25) is 0 Å². The highest BCUT2D eigenvalue weighted by molar-refractivity contribution is 4.76. The summed E-state index contributed by atoms with van der Waals surface area (Å²) in [4.78, 5) is 2.08. The second-order valence-corrected chi connectivity index (χ2v) is 3.13. The summed E-state index contributed by atoms with van der Waals surface area (Å²) in [6.45, 7) is 6.84. The Kier molecular flexibility index (Phi) is 2.09. The van der Waals surface area contributed by atoms with E-state index in [4.69, 9.17) is 5.11 Å². The molecular formula is C7H15NO. The first kappa shape index (κ1) is 7.03. The van der Waals surface area contributed by atoms with Gasteiger partial charge in [-0.3, -0.25) is 4.90 Å². The van der Waals surface area contributed by atoms with E-state index in [0.717, 1.165) is 24.9 Å². The average molecular weight is 129 g/mol. The standard InChI is InChI=1S/C7H15NO/c1-6-3-8(5-9)4-7(6)2/h6-7,9H,3-5H2,1-2H3. The lowest BCUT2D eigenvalue weighted by atomic mass is 10.0. The molecule has 1 aliphatic heterocycles. The second-order valence-electron chi connectivity index (χ2n) is 3.13. The molecule has 1 heterocycles. The lowest BCUT2D eigenvalue weighted by Gasteiger charge is -2.08. The fourth-order valence-corrected chi connectivity index (χ4v) is 1.36. The SMILES string of the molecule is CC1CN(CO)CC1C. The number of hydrogen-bond donors (Lipinski definition) is 1. The summed E-state index contributed by atoms with van der Waals surface area (Å²) in [5.41, 5.74) is 0. The minimum absolute atomic E-state index is 0.231. The Bertz CT molecular complexity index is 84.9. The van der Waals surface area contributed by atoms with Crippen molar-refractivity contribution in [2.45, 2.75) is 13.8 Å². The van der Waals surface area contributed by atoms with Crippen LogP contribution in [0.2, 0.25) is 0 Å². The molecule has 0 aromatic rings. The Hall–Kier alpha value is -0.0800. The summed E-state index contributed by atoms with van der Waals surface area (Å²) in [5.74, 6) is 1.52. The lowest BCUT2D eigenvalue weighted by Crippen LogP contribution is -2.21. The molecule has 2 atom stereocenters. The van der Waals surface area contributed by atoms with Crippen LogP contribution in [0.25, 0.3) is 0 Å². The van der Waals surface area contributed by atoms with Gasteiger partial charge in [-0.2, -0.15) is 0 Å². The molecule has 0 spiro atoms. The molecule has 0 amide bonds. The first-order valence-corrected chi connectivity index (χ1v) is 3.57. The summed E-state index contributed by atoms with van der Waals surface area (Å²) in [5, 5.41) is 8.73. The van der Waals surface area contributed by atoms with Gasteiger partial charge in [-0.05, 0) is 11.8 Å². The first-order chi connectivity index (χ1) is 4.24. The van der Waals surface area contributed by atoms with Gasteiger partial charge in [0.05, 0.1) is 6.73 Å². The van der Waals surface area contributed by atoms with E-state index < -0.39 is 0 Å². The van der Waals surface area contributed by atoms with Gasteiger partial charge in [-0.15, -0.1) is 0 Å². The maximum absolute atomic E-state index is 8.73. The fourth-order valence-electron chi connectivity index (χ4n) is 1.36. The number of rotatable bonds is 1. The Labute approximate surface area is 56.5 Å². The molecule has 1 rings (SSSR count). The van der Waals surface area contributed by atoms with Gasteiger partial charge in [0, 0.05) is 13.1 Å². The zero-order valence-corrected chi connectivity index (χ0v) is 6.17. The van der Waals surface area contributed by atoms with Crippen molar-refractivity contribution in [1.82, 2.24) is 4.90 Å². The van der Waals surface area contributed by atoms with Crippen LogP contribution in [0.4, 0.5) is 0 Å². The molecule has 0 aromatic carbocycles. The van der Waals surface area contributed by atoms with Gasteiger partial charge in [0.1, 0.15) is 0 Å². The summed E-state index contributed by atoms with van der Waals surface area (Å²) < 4.78 is 0. The van der Waals surface area contributed by atoms with Crippen LogP contribution in [0.15, 0.2) is 0 Å². The molecule has 0 saturated carbocycles. The summed E-state index contributed by atoms with van der Waals surface area (Å²) in [6, 6.07) is 0. The molecule has 1 fully saturated rings. The molecule has 0 aliphatic carbocycles. The predicted octanol–water partition coefficient (Wildman–Crippen LogP) is 0.524. The third-order valence-electron chi connectivity index (χ3n) is 2.26. The average Bonchev–Trinajstić information content (AvgIpc) is 2.13. The maximum Gasteiger partial charge on any atom is 0.0956 e. The molecule has 54 valence electrons. The van der Waals surface area contributed by atoms with Crippen LogP contribution in [0.3, 0.4) is 0 Å². The summed E-state index contributed by atoms with van der Waals surface area (Å²) >= 11 is 0. The molecule has 0 radical (unpaired) electrons. The van der Waals surface area contributed by atoms with Crippen molar-refractivity contribution in [2.24, 2.45) is 11.8 Å². The van der Waals surface area contributed by atoms with Gasteiger partial charge in [0.15, 0.2) is 0 Å². The molecule has 1 aliphatic rings. The molecule has 1 N–H and O–H groups in total.